The summed E-state index contributed by atoms with van der Waals surface area (Å²) in [5.74, 6) is 4.72. The van der Waals surface area contributed by atoms with Crippen LogP contribution in [0.25, 0.3) is 11.1 Å². The largest absolute Gasteiger partial charge is 0.431 e. The third-order valence-corrected chi connectivity index (χ3v) is 4.26. The number of para-hydroxylation sites is 2. The van der Waals surface area contributed by atoms with Crippen molar-refractivity contribution < 1.29 is 22.4 Å². The number of hydrogen-bond acceptors (Lipinski definition) is 4. The Bertz CT molecular complexity index is 986. The maximum atomic E-state index is 12.9. The fourth-order valence-electron chi connectivity index (χ4n) is 2.21. The van der Waals surface area contributed by atoms with Crippen molar-refractivity contribution >= 4 is 28.8 Å². The number of rotatable bonds is 4. The quantitative estimate of drug-likeness (QED) is 0.538. The summed E-state index contributed by atoms with van der Waals surface area (Å²) in [5.41, 5.74) is 0.416. The molecule has 0 aliphatic rings. The van der Waals surface area contributed by atoms with E-state index in [9.17, 15) is 18.0 Å². The van der Waals surface area contributed by atoms with Crippen molar-refractivity contribution in [3.05, 3.63) is 59.7 Å². The minimum Gasteiger partial charge on any atom is -0.431 e. The zero-order chi connectivity index (χ0) is 19.3. The SMILES string of the molecule is O=C(CSc1nc2ccccc2o1)NCC#Cc1ccccc1C(F)(F)F. The zero-order valence-electron chi connectivity index (χ0n) is 13.8. The number of alkyl halides is 3. The van der Waals surface area contributed by atoms with E-state index < -0.39 is 11.7 Å². The number of aromatic nitrogens is 1. The van der Waals surface area contributed by atoms with Crippen LogP contribution >= 0.6 is 11.8 Å². The molecule has 0 spiro atoms. The van der Waals surface area contributed by atoms with E-state index in [0.717, 1.165) is 17.8 Å². The third-order valence-electron chi connectivity index (χ3n) is 3.43. The number of nitrogens with one attached hydrogen (secondary N) is 1. The van der Waals surface area contributed by atoms with Gasteiger partial charge in [-0.2, -0.15) is 13.2 Å². The van der Waals surface area contributed by atoms with Crippen molar-refractivity contribution in [2.75, 3.05) is 12.3 Å². The van der Waals surface area contributed by atoms with E-state index in [4.69, 9.17) is 4.42 Å². The van der Waals surface area contributed by atoms with Crippen molar-refractivity contribution in [2.24, 2.45) is 0 Å². The van der Waals surface area contributed by atoms with Crippen LogP contribution in [0, 0.1) is 11.8 Å². The number of halogens is 3. The first-order valence-electron chi connectivity index (χ1n) is 7.83. The van der Waals surface area contributed by atoms with Crippen molar-refractivity contribution in [2.45, 2.75) is 11.4 Å². The molecule has 8 heteroatoms. The number of fused-ring (bicyclic) bond motifs is 1. The second-order valence-corrected chi connectivity index (χ2v) is 6.28. The van der Waals surface area contributed by atoms with Gasteiger partial charge in [0.1, 0.15) is 5.52 Å². The number of thioether (sulfide) groups is 1. The van der Waals surface area contributed by atoms with Crippen LogP contribution < -0.4 is 5.32 Å². The molecule has 3 aromatic rings. The molecule has 0 bridgehead atoms. The lowest BCUT2D eigenvalue weighted by Crippen LogP contribution is -2.25. The van der Waals surface area contributed by atoms with Gasteiger partial charge in [-0.05, 0) is 24.3 Å². The number of carbonyl (C=O) groups is 1. The number of amides is 1. The van der Waals surface area contributed by atoms with E-state index in [1.54, 1.807) is 12.1 Å². The highest BCUT2D eigenvalue weighted by atomic mass is 32.2. The zero-order valence-corrected chi connectivity index (χ0v) is 14.7. The van der Waals surface area contributed by atoms with E-state index in [2.05, 4.69) is 22.1 Å². The lowest BCUT2D eigenvalue weighted by Gasteiger charge is -2.08. The minimum atomic E-state index is -4.47. The summed E-state index contributed by atoms with van der Waals surface area (Å²) < 4.78 is 44.1. The highest BCUT2D eigenvalue weighted by Gasteiger charge is 2.32. The van der Waals surface area contributed by atoms with E-state index in [0.29, 0.717) is 16.3 Å². The molecular weight excluding hydrogens is 377 g/mol. The highest BCUT2D eigenvalue weighted by Crippen LogP contribution is 2.31. The van der Waals surface area contributed by atoms with E-state index >= 15 is 0 Å². The van der Waals surface area contributed by atoms with Gasteiger partial charge in [0.25, 0.3) is 5.22 Å². The molecule has 3 rings (SSSR count). The predicted octanol–water partition coefficient (Wildman–Crippen LogP) is 4.11. The molecular formula is C19H13F3N2O2S. The maximum Gasteiger partial charge on any atom is 0.417 e. The Morgan fingerprint density at radius 3 is 2.67 bits per heavy atom. The third kappa shape index (κ3) is 5.05. The average Bonchev–Trinajstić information content (AvgIpc) is 3.06. The molecule has 0 atom stereocenters. The molecule has 2 aromatic carbocycles. The second kappa shape index (κ2) is 8.18. The van der Waals surface area contributed by atoms with Gasteiger partial charge in [-0.3, -0.25) is 4.79 Å². The smallest absolute Gasteiger partial charge is 0.417 e. The Balaban J connectivity index is 1.51. The fourth-order valence-corrected chi connectivity index (χ4v) is 2.88. The first-order valence-corrected chi connectivity index (χ1v) is 8.82. The molecule has 0 saturated heterocycles. The summed E-state index contributed by atoms with van der Waals surface area (Å²) in [4.78, 5) is 16.1. The minimum absolute atomic E-state index is 0.0564. The van der Waals surface area contributed by atoms with Crippen molar-refractivity contribution in [1.82, 2.24) is 10.3 Å². The van der Waals surface area contributed by atoms with Gasteiger partial charge in [0.15, 0.2) is 5.58 Å². The van der Waals surface area contributed by atoms with Crippen LogP contribution in [0.5, 0.6) is 0 Å². The number of benzene rings is 2. The van der Waals surface area contributed by atoms with E-state index in [1.165, 1.54) is 18.2 Å². The number of nitrogens with zero attached hydrogens (tertiary/aromatic N) is 1. The van der Waals surface area contributed by atoms with Crippen LogP contribution in [-0.4, -0.2) is 23.2 Å². The summed E-state index contributed by atoms with van der Waals surface area (Å²) >= 11 is 1.13. The van der Waals surface area contributed by atoms with Gasteiger partial charge in [-0.1, -0.05) is 47.9 Å². The topological polar surface area (TPSA) is 55.1 Å². The van der Waals surface area contributed by atoms with Crippen LogP contribution in [0.15, 0.2) is 58.2 Å². The Morgan fingerprint density at radius 2 is 1.89 bits per heavy atom. The molecule has 1 N–H and O–H groups in total. The van der Waals surface area contributed by atoms with Gasteiger partial charge in [0, 0.05) is 5.56 Å². The Kier molecular flexibility index (Phi) is 5.72. The summed E-state index contributed by atoms with van der Waals surface area (Å²) in [6.07, 6.45) is -4.47. The van der Waals surface area contributed by atoms with Crippen LogP contribution in [0.4, 0.5) is 13.2 Å². The van der Waals surface area contributed by atoms with Gasteiger partial charge in [-0.25, -0.2) is 4.98 Å². The van der Waals surface area contributed by atoms with Crippen molar-refractivity contribution in [3.63, 3.8) is 0 Å². The van der Waals surface area contributed by atoms with Crippen LogP contribution in [0.3, 0.4) is 0 Å². The second-order valence-electron chi connectivity index (χ2n) is 5.36. The van der Waals surface area contributed by atoms with Crippen molar-refractivity contribution in [3.8, 4) is 11.8 Å². The maximum absolute atomic E-state index is 12.9. The lowest BCUT2D eigenvalue weighted by atomic mass is 10.1. The molecule has 27 heavy (non-hydrogen) atoms. The molecule has 0 saturated carbocycles. The Hall–Kier alpha value is -2.92. The van der Waals surface area contributed by atoms with Crippen molar-refractivity contribution in [1.29, 1.82) is 0 Å². The molecule has 4 nitrogen and oxygen atoms in total. The molecule has 0 radical (unpaired) electrons. The van der Waals surface area contributed by atoms with Crippen LogP contribution in [-0.2, 0) is 11.0 Å². The summed E-state index contributed by atoms with van der Waals surface area (Å²) in [5, 5.41) is 2.90. The van der Waals surface area contributed by atoms with E-state index in [-0.39, 0.29) is 23.8 Å². The average molecular weight is 390 g/mol. The van der Waals surface area contributed by atoms with Gasteiger partial charge < -0.3 is 9.73 Å². The van der Waals surface area contributed by atoms with Crippen LogP contribution in [0.1, 0.15) is 11.1 Å². The van der Waals surface area contributed by atoms with Gasteiger partial charge in [-0.15, -0.1) is 0 Å². The normalized spacial score (nSPS) is 11.1. The summed E-state index contributed by atoms with van der Waals surface area (Å²) in [6, 6.07) is 12.3. The van der Waals surface area contributed by atoms with Gasteiger partial charge >= 0.3 is 6.18 Å². The lowest BCUT2D eigenvalue weighted by molar-refractivity contribution is -0.137. The molecule has 0 aliphatic heterocycles. The molecule has 1 aromatic heterocycles. The first kappa shape index (κ1) is 18.9. The molecule has 0 aliphatic carbocycles. The fraction of sp³-hybridized carbons (Fsp3) is 0.158. The standard InChI is InChI=1S/C19H13F3N2O2S/c20-19(21,22)14-8-2-1-6-13(14)7-5-11-23-17(25)12-27-18-24-15-9-3-4-10-16(15)26-18/h1-4,6,8-10H,11-12H2,(H,23,25). The van der Waals surface area contributed by atoms with Crippen LogP contribution in [0.2, 0.25) is 0 Å². The summed E-state index contributed by atoms with van der Waals surface area (Å²) in [6.45, 7) is -0.0564. The molecule has 138 valence electrons. The molecule has 1 heterocycles. The Labute approximate surface area is 157 Å². The predicted molar refractivity (Wildman–Crippen MR) is 96.1 cm³/mol. The molecule has 0 unspecified atom stereocenters. The number of hydrogen-bond donors (Lipinski definition) is 1. The molecule has 1 amide bonds. The van der Waals surface area contributed by atoms with Gasteiger partial charge in [0.2, 0.25) is 5.91 Å². The summed E-state index contributed by atoms with van der Waals surface area (Å²) in [7, 11) is 0. The first-order chi connectivity index (χ1) is 12.9. The van der Waals surface area contributed by atoms with Gasteiger partial charge in [0.05, 0.1) is 17.9 Å². The number of carbonyl (C=O) groups excluding carboxylic acids is 1. The number of oxazole rings is 1. The highest BCUT2D eigenvalue weighted by molar-refractivity contribution is 7.99. The molecule has 0 fully saturated rings. The Morgan fingerprint density at radius 1 is 1.15 bits per heavy atom. The van der Waals surface area contributed by atoms with E-state index in [1.807, 2.05) is 12.1 Å². The monoisotopic (exact) mass is 390 g/mol.